The van der Waals surface area contributed by atoms with Crippen LogP contribution in [0.2, 0.25) is 0 Å². The molecular formula is C32H42N2O. The molecule has 3 heteroatoms. The molecule has 186 valence electrons. The smallest absolute Gasteiger partial charge is 0.250 e. The zero-order chi connectivity index (χ0) is 24.3. The van der Waals surface area contributed by atoms with Crippen LogP contribution in [0.25, 0.3) is 23.5 Å². The number of aryl methyl sites for hydroxylation is 1. The van der Waals surface area contributed by atoms with Crippen molar-refractivity contribution in [3.05, 3.63) is 71.1 Å². The van der Waals surface area contributed by atoms with E-state index in [0.29, 0.717) is 17.6 Å². The Morgan fingerprint density at radius 3 is 2.26 bits per heavy atom. The summed E-state index contributed by atoms with van der Waals surface area (Å²) in [6, 6.07) is 17.6. The summed E-state index contributed by atoms with van der Waals surface area (Å²) in [5.74, 6) is 2.84. The summed E-state index contributed by atoms with van der Waals surface area (Å²) < 4.78 is 5.48. The highest BCUT2D eigenvalue weighted by Gasteiger charge is 2.21. The highest BCUT2D eigenvalue weighted by atomic mass is 16.5. The lowest BCUT2D eigenvalue weighted by Crippen LogP contribution is -2.13. The molecule has 3 aromatic rings. The standard InChI is InChI=1S/C32H42N2O/c1-3-5-6-7-8-10-26-11-13-27(14-12-26)17-24-31-33-32(34-35-31)30-22-20-29(21-23-30)28-18-15-25(9-4-2)16-19-28/h11-14,17,20-25,28H,3-10,15-16,18-19H2,1-2H3. The fourth-order valence-electron chi connectivity index (χ4n) is 5.41. The number of hydrogen-bond acceptors (Lipinski definition) is 3. The van der Waals surface area contributed by atoms with Crippen LogP contribution in [-0.4, -0.2) is 10.1 Å². The van der Waals surface area contributed by atoms with E-state index < -0.39 is 0 Å². The van der Waals surface area contributed by atoms with Gasteiger partial charge in [-0.25, -0.2) is 0 Å². The van der Waals surface area contributed by atoms with E-state index in [2.05, 4.69) is 72.5 Å². The zero-order valence-corrected chi connectivity index (χ0v) is 21.7. The minimum atomic E-state index is 0.540. The van der Waals surface area contributed by atoms with E-state index in [0.717, 1.165) is 17.0 Å². The Morgan fingerprint density at radius 2 is 1.54 bits per heavy atom. The molecule has 0 saturated heterocycles. The predicted octanol–water partition coefficient (Wildman–Crippen LogP) is 9.49. The first-order valence-corrected chi connectivity index (χ1v) is 14.0. The van der Waals surface area contributed by atoms with Gasteiger partial charge in [-0.3, -0.25) is 0 Å². The Labute approximate surface area is 212 Å². The van der Waals surface area contributed by atoms with E-state index >= 15 is 0 Å². The summed E-state index contributed by atoms with van der Waals surface area (Å²) >= 11 is 0. The van der Waals surface area contributed by atoms with Crippen LogP contribution in [0.5, 0.6) is 0 Å². The van der Waals surface area contributed by atoms with Gasteiger partial charge in [-0.15, -0.1) is 0 Å². The molecule has 2 aromatic carbocycles. The molecule has 4 rings (SSSR count). The van der Waals surface area contributed by atoms with Crippen molar-refractivity contribution < 1.29 is 4.52 Å². The predicted molar refractivity (Wildman–Crippen MR) is 147 cm³/mol. The molecule has 0 aliphatic heterocycles. The van der Waals surface area contributed by atoms with Crippen LogP contribution in [0.4, 0.5) is 0 Å². The lowest BCUT2D eigenvalue weighted by atomic mass is 9.77. The van der Waals surface area contributed by atoms with Gasteiger partial charge >= 0.3 is 0 Å². The number of hydrogen-bond donors (Lipinski definition) is 0. The van der Waals surface area contributed by atoms with Gasteiger partial charge in [0.2, 0.25) is 5.82 Å². The first kappa shape index (κ1) is 25.4. The highest BCUT2D eigenvalue weighted by molar-refractivity contribution is 5.67. The van der Waals surface area contributed by atoms with Gasteiger partial charge in [0, 0.05) is 11.6 Å². The maximum atomic E-state index is 5.48. The third-order valence-corrected chi connectivity index (χ3v) is 7.59. The van der Waals surface area contributed by atoms with Crippen LogP contribution in [0.1, 0.15) is 113 Å². The first-order chi connectivity index (χ1) is 17.2. The van der Waals surface area contributed by atoms with Crippen LogP contribution in [0.15, 0.2) is 53.1 Å². The van der Waals surface area contributed by atoms with Gasteiger partial charge < -0.3 is 4.52 Å². The molecule has 1 fully saturated rings. The molecule has 1 saturated carbocycles. The van der Waals surface area contributed by atoms with Gasteiger partial charge in [0.25, 0.3) is 5.89 Å². The second kappa shape index (κ2) is 13.4. The molecule has 0 N–H and O–H groups in total. The van der Waals surface area contributed by atoms with Crippen LogP contribution in [0, 0.1) is 5.92 Å². The van der Waals surface area contributed by atoms with Crippen LogP contribution >= 0.6 is 0 Å². The lowest BCUT2D eigenvalue weighted by Gasteiger charge is -2.28. The summed E-state index contributed by atoms with van der Waals surface area (Å²) in [5, 5.41) is 4.20. The molecule has 1 aliphatic rings. The number of benzene rings is 2. The Morgan fingerprint density at radius 1 is 0.800 bits per heavy atom. The third-order valence-electron chi connectivity index (χ3n) is 7.59. The van der Waals surface area contributed by atoms with Gasteiger partial charge in [-0.05, 0) is 73.1 Å². The molecule has 3 nitrogen and oxygen atoms in total. The average Bonchev–Trinajstić information content (AvgIpc) is 3.38. The monoisotopic (exact) mass is 470 g/mol. The summed E-state index contributed by atoms with van der Waals surface area (Å²) in [6.07, 6.45) is 19.8. The number of nitrogens with zero attached hydrogens (tertiary/aromatic N) is 2. The molecule has 0 radical (unpaired) electrons. The van der Waals surface area contributed by atoms with Crippen molar-refractivity contribution in [1.29, 1.82) is 0 Å². The van der Waals surface area contributed by atoms with Crippen LogP contribution < -0.4 is 0 Å². The topological polar surface area (TPSA) is 38.9 Å². The summed E-state index contributed by atoms with van der Waals surface area (Å²) in [5.41, 5.74) is 5.03. The quantitative estimate of drug-likeness (QED) is 0.247. The van der Waals surface area contributed by atoms with Crippen LogP contribution in [-0.2, 0) is 6.42 Å². The van der Waals surface area contributed by atoms with Gasteiger partial charge in [-0.2, -0.15) is 4.98 Å². The second-order valence-corrected chi connectivity index (χ2v) is 10.3. The van der Waals surface area contributed by atoms with Crippen molar-refractivity contribution in [3.63, 3.8) is 0 Å². The van der Waals surface area contributed by atoms with Gasteiger partial charge in [0.05, 0.1) is 0 Å². The molecular weight excluding hydrogens is 428 g/mol. The highest BCUT2D eigenvalue weighted by Crippen LogP contribution is 2.37. The summed E-state index contributed by atoms with van der Waals surface area (Å²) in [7, 11) is 0. The fraction of sp³-hybridized carbons (Fsp3) is 0.500. The van der Waals surface area contributed by atoms with E-state index in [1.807, 2.05) is 12.2 Å². The Balaban J connectivity index is 1.28. The number of unbranched alkanes of at least 4 members (excludes halogenated alkanes) is 4. The molecule has 1 aliphatic carbocycles. The Bertz CT molecular complexity index is 1020. The minimum Gasteiger partial charge on any atom is -0.334 e. The molecule has 0 unspecified atom stereocenters. The summed E-state index contributed by atoms with van der Waals surface area (Å²) in [6.45, 7) is 4.57. The van der Waals surface area contributed by atoms with E-state index in [4.69, 9.17) is 4.52 Å². The largest absolute Gasteiger partial charge is 0.334 e. The van der Waals surface area contributed by atoms with Crippen LogP contribution in [0.3, 0.4) is 0 Å². The lowest BCUT2D eigenvalue weighted by molar-refractivity contribution is 0.308. The number of aromatic nitrogens is 2. The van der Waals surface area contributed by atoms with E-state index in [-0.39, 0.29) is 0 Å². The minimum absolute atomic E-state index is 0.540. The maximum absolute atomic E-state index is 5.48. The SMILES string of the molecule is CCCCCCCc1ccc(C=Cc2nc(-c3ccc(C4CCC(CCC)CC4)cc3)no2)cc1. The van der Waals surface area contributed by atoms with Crippen molar-refractivity contribution in [3.8, 4) is 11.4 Å². The average molecular weight is 471 g/mol. The van der Waals surface area contributed by atoms with Gasteiger partial charge in [0.15, 0.2) is 0 Å². The van der Waals surface area contributed by atoms with Crippen molar-refractivity contribution >= 4 is 12.2 Å². The molecule has 1 heterocycles. The van der Waals surface area contributed by atoms with Gasteiger partial charge in [0.1, 0.15) is 0 Å². The zero-order valence-electron chi connectivity index (χ0n) is 21.7. The van der Waals surface area contributed by atoms with Crippen molar-refractivity contribution in [2.24, 2.45) is 5.92 Å². The Hall–Kier alpha value is -2.68. The van der Waals surface area contributed by atoms with Crippen molar-refractivity contribution in [2.45, 2.75) is 96.8 Å². The van der Waals surface area contributed by atoms with Crippen molar-refractivity contribution in [2.75, 3.05) is 0 Å². The van der Waals surface area contributed by atoms with E-state index in [1.54, 1.807) is 0 Å². The summed E-state index contributed by atoms with van der Waals surface area (Å²) in [4.78, 5) is 4.59. The van der Waals surface area contributed by atoms with E-state index in [1.165, 1.54) is 88.2 Å². The molecule has 0 atom stereocenters. The van der Waals surface area contributed by atoms with Gasteiger partial charge in [-0.1, -0.05) is 106 Å². The molecule has 35 heavy (non-hydrogen) atoms. The van der Waals surface area contributed by atoms with Crippen molar-refractivity contribution in [1.82, 2.24) is 10.1 Å². The Kier molecular flexibility index (Phi) is 9.74. The van der Waals surface area contributed by atoms with E-state index in [9.17, 15) is 0 Å². The fourth-order valence-corrected chi connectivity index (χ4v) is 5.41. The maximum Gasteiger partial charge on any atom is 0.250 e. The molecule has 0 bridgehead atoms. The number of rotatable bonds is 12. The molecule has 0 amide bonds. The normalized spacial score (nSPS) is 18.3. The first-order valence-electron chi connectivity index (χ1n) is 14.0. The molecule has 0 spiro atoms. The third kappa shape index (κ3) is 7.65. The second-order valence-electron chi connectivity index (χ2n) is 10.3. The molecule has 1 aromatic heterocycles.